The van der Waals surface area contributed by atoms with Crippen molar-refractivity contribution >= 4 is 91.9 Å². The molecule has 8 aliphatic carbocycles. The summed E-state index contributed by atoms with van der Waals surface area (Å²) in [5.41, 5.74) is -8.03. The number of alkyl halides is 9. The summed E-state index contributed by atoms with van der Waals surface area (Å²) in [6.45, 7) is 20.2. The lowest BCUT2D eigenvalue weighted by Gasteiger charge is -2.63. The number of benzene rings is 2. The van der Waals surface area contributed by atoms with Crippen LogP contribution in [-0.2, 0) is 68.4 Å². The van der Waals surface area contributed by atoms with E-state index in [1.807, 2.05) is 4.18 Å². The van der Waals surface area contributed by atoms with Crippen molar-refractivity contribution < 1.29 is 106 Å². The third kappa shape index (κ3) is 12.7. The number of aliphatic hydroxyl groups is 2. The van der Waals surface area contributed by atoms with Gasteiger partial charge in [-0.25, -0.2) is 35.6 Å². The summed E-state index contributed by atoms with van der Waals surface area (Å²) in [7, 11) is -4.58. The summed E-state index contributed by atoms with van der Waals surface area (Å²) in [6, 6.07) is 12.4. The predicted molar refractivity (Wildman–Crippen MR) is 336 cm³/mol. The first-order valence-electron chi connectivity index (χ1n) is 30.4. The minimum absolute atomic E-state index is 0.00000558. The minimum atomic E-state index is -5.66. The fraction of sp³-hybridized carbons (Fsp3) is 0.606. The Bertz CT molecular complexity index is 3560. The van der Waals surface area contributed by atoms with Crippen molar-refractivity contribution in [2.45, 2.75) is 184 Å². The van der Waals surface area contributed by atoms with Crippen LogP contribution in [0.5, 0.6) is 0 Å². The molecule has 0 spiro atoms. The van der Waals surface area contributed by atoms with E-state index in [1.165, 1.54) is 70.2 Å². The highest BCUT2D eigenvalue weighted by Gasteiger charge is 2.80. The zero-order valence-corrected chi connectivity index (χ0v) is 57.9. The summed E-state index contributed by atoms with van der Waals surface area (Å²) < 4.78 is 148. The molecule has 28 heteroatoms. The number of esters is 2. The average molecular weight is 1430 g/mol. The van der Waals surface area contributed by atoms with Gasteiger partial charge in [0.2, 0.25) is 21.1 Å². The lowest BCUT2D eigenvalue weighted by atomic mass is 9.44. The lowest BCUT2D eigenvalue weighted by Crippen LogP contribution is -2.71. The van der Waals surface area contributed by atoms with E-state index in [2.05, 4.69) is 81.5 Å². The number of methoxy groups -OCH3 is 1. The largest absolute Gasteiger partial charge is 0.725 e. The quantitative estimate of drug-likeness (QED) is 0.0292. The third-order valence-electron chi connectivity index (χ3n) is 22.2. The molecule has 520 valence electrons. The number of aryl methyl sites for hydroxylation is 1. The molecule has 10 rings (SSSR count). The highest BCUT2D eigenvalue weighted by molar-refractivity contribution is 7.98. The molecule has 11 unspecified atom stereocenters. The van der Waals surface area contributed by atoms with Crippen LogP contribution in [0, 0.1) is 84.9 Å². The Hall–Kier alpha value is -4.80. The van der Waals surface area contributed by atoms with Crippen molar-refractivity contribution in [2.75, 3.05) is 18.4 Å². The highest BCUT2D eigenvalue weighted by atomic mass is 35.5. The number of carbonyl (C=O) groups excluding carboxylic acids is 6. The van der Waals surface area contributed by atoms with Crippen LogP contribution < -0.4 is 0 Å². The zero-order chi connectivity index (χ0) is 70.8. The number of aliphatic hydroxyl groups excluding tert-OH is 2. The van der Waals surface area contributed by atoms with E-state index in [-0.39, 0.29) is 67.0 Å². The summed E-state index contributed by atoms with van der Waals surface area (Å²) >= 11 is 16.0. The van der Waals surface area contributed by atoms with Gasteiger partial charge in [0.25, 0.3) is 0 Å². The molecule has 6 fully saturated rings. The minimum Gasteiger partial charge on any atom is -0.725 e. The Morgan fingerprint density at radius 3 is 1.59 bits per heavy atom. The summed E-state index contributed by atoms with van der Waals surface area (Å²) in [5, 5.41) is 22.6. The highest BCUT2D eigenvalue weighted by Crippen LogP contribution is 2.74. The fourth-order valence-corrected chi connectivity index (χ4v) is 20.8. The molecule has 0 aliphatic heterocycles. The second-order valence-electron chi connectivity index (χ2n) is 26.5. The van der Waals surface area contributed by atoms with Crippen LogP contribution >= 0.6 is 35.8 Å². The van der Waals surface area contributed by atoms with Gasteiger partial charge in [-0.1, -0.05) is 88.2 Å². The van der Waals surface area contributed by atoms with Crippen LogP contribution in [0.2, 0.25) is 0 Å². The normalized spacial score (nSPS) is 37.8. The molecule has 2 N–H and O–H groups in total. The van der Waals surface area contributed by atoms with Crippen LogP contribution in [-0.4, -0.2) is 130 Å². The Labute approximate surface area is 560 Å². The first kappa shape index (κ1) is 76.6. The lowest BCUT2D eigenvalue weighted by molar-refractivity contribution is -0.275. The molecular formula is C66H79Cl2F7O16S3. The topological polar surface area (TPSA) is 246 Å². The number of fused-ring (bicyclic) bond motifs is 10. The third-order valence-corrected chi connectivity index (χ3v) is 25.7. The van der Waals surface area contributed by atoms with Crippen molar-refractivity contribution in [1.29, 1.82) is 0 Å². The van der Waals surface area contributed by atoms with Crippen molar-refractivity contribution in [1.82, 2.24) is 0 Å². The monoisotopic (exact) mass is 1430 g/mol. The second-order valence-corrected chi connectivity index (χ2v) is 30.7. The van der Waals surface area contributed by atoms with Crippen LogP contribution in [0.15, 0.2) is 93.8 Å². The fourth-order valence-electron chi connectivity index (χ4n) is 17.4. The molecule has 0 bridgehead atoms. The molecule has 2 aromatic rings. The number of allylic oxidation sites excluding steroid dienone is 8. The number of ketones is 2. The molecule has 0 aromatic heterocycles. The molecule has 0 amide bonds. The van der Waals surface area contributed by atoms with E-state index in [4.69, 9.17) is 50.4 Å². The average Bonchev–Trinajstić information content (AvgIpc) is 1.40. The van der Waals surface area contributed by atoms with Crippen LogP contribution in [0.25, 0.3) is 0 Å². The number of hydrogen-bond acceptors (Lipinski definition) is 16. The molecule has 19 atom stereocenters. The van der Waals surface area contributed by atoms with E-state index in [0.717, 1.165) is 19.3 Å². The Kier molecular flexibility index (Phi) is 22.4. The Morgan fingerprint density at radius 1 is 0.734 bits per heavy atom. The van der Waals surface area contributed by atoms with Crippen molar-refractivity contribution in [3.05, 3.63) is 106 Å². The number of carbonyl (C=O) groups is 6. The molecule has 8 aliphatic rings. The van der Waals surface area contributed by atoms with Gasteiger partial charge >= 0.3 is 24.5 Å². The first-order chi connectivity index (χ1) is 43.4. The maximum absolute atomic E-state index is 17.2. The SMILES string of the molecule is CCC(=O)O[C@@]1(C(=O)OCCl)[C@H](C)CC2C3C[C@@H](F)C4=CC(=O)C=CC4(C)[C@]3(F)C(O)CC21C.COC(=O)O[C@@]1(C(=O)S)[C@H](C)CC2C3C[C@@H](F)C4=CC(=O)C=CC4(C)[C@]3(F)C(O)CC21C.Cc1cc([S+](CCl)c2ccccc2)c(C)c(C)c1C.O=S(=O)([O-])OC(F)(F)F. The second kappa shape index (κ2) is 27.5. The van der Waals surface area contributed by atoms with E-state index < -0.39 is 162 Å². The summed E-state index contributed by atoms with van der Waals surface area (Å²) in [6.07, 6.45) is -5.91. The number of halogens is 9. The van der Waals surface area contributed by atoms with Gasteiger partial charge in [-0.15, -0.1) is 25.8 Å². The predicted octanol–water partition coefficient (Wildman–Crippen LogP) is 12.6. The molecule has 6 saturated carbocycles. The van der Waals surface area contributed by atoms with E-state index in [9.17, 15) is 52.2 Å². The number of rotatable bonds is 10. The number of thiol groups is 1. The molecule has 16 nitrogen and oxygen atoms in total. The van der Waals surface area contributed by atoms with Crippen molar-refractivity contribution in [3.63, 3.8) is 0 Å². The van der Waals surface area contributed by atoms with Gasteiger partial charge in [-0.2, -0.15) is 4.18 Å². The van der Waals surface area contributed by atoms with Gasteiger partial charge in [-0.3, -0.25) is 19.2 Å². The van der Waals surface area contributed by atoms with Crippen LogP contribution in [0.3, 0.4) is 0 Å². The summed E-state index contributed by atoms with van der Waals surface area (Å²) in [5.74, 6) is -6.65. The summed E-state index contributed by atoms with van der Waals surface area (Å²) in [4.78, 5) is 77.4. The van der Waals surface area contributed by atoms with E-state index in [0.29, 0.717) is 5.21 Å². The zero-order valence-electron chi connectivity index (χ0n) is 53.8. The first-order valence-corrected chi connectivity index (χ1v) is 34.6. The van der Waals surface area contributed by atoms with Gasteiger partial charge in [0.15, 0.2) is 49.6 Å². The van der Waals surface area contributed by atoms with Crippen LogP contribution in [0.4, 0.5) is 35.5 Å². The van der Waals surface area contributed by atoms with Gasteiger partial charge in [0, 0.05) is 57.3 Å². The molecule has 0 radical (unpaired) electrons. The Morgan fingerprint density at radius 2 is 1.19 bits per heavy atom. The van der Waals surface area contributed by atoms with Crippen molar-refractivity contribution in [3.8, 4) is 0 Å². The van der Waals surface area contributed by atoms with Gasteiger partial charge in [-0.05, 0) is 162 Å². The van der Waals surface area contributed by atoms with Crippen LogP contribution in [0.1, 0.15) is 116 Å². The Balaban J connectivity index is 0.000000193. The van der Waals surface area contributed by atoms with E-state index in [1.54, 1.807) is 34.6 Å². The molecule has 0 heterocycles. The smallest absolute Gasteiger partial charge is 0.536 e. The maximum atomic E-state index is 17.2. The standard InChI is InChI=1S/C25H31ClF2O6.C23H28F2O6S.C17H20ClS.CHF3O4S/c1-5-20(31)34-25(21(32)33-12-26)13(2)8-15-16-10-18(27)17-9-14(29)6-7-22(17,3)24(16,28)19(30)11-23(15,25)4;1-11-7-13-14-9-16(24)15-8-12(26)5-6-20(15,2)22(14,25)17(27)10-21(13,3)23(11,18(28)32)31-19(29)30-4;1-12-10-17(15(4)14(3)13(12)2)19(11-18)16-8-6-5-7-9-16;2-1(3,4)8-9(5,6)7/h6-7,9,13,15-16,18-19,30H,5,8,10-12H2,1-4H3;5-6,8,11,13-14,16-17,27H,7,9-10H2,1-4H3,(H,28,32);5-10H,11H2,1-4H3;(H,5,6,7)/q;;+1;/p-1/t13-,15?,16?,18-,19?,22?,23?,24-,25-;11-,13?,14?,16-,17?,20?,21?,22-,23-;;/m11../s1. The van der Waals surface area contributed by atoms with E-state index >= 15 is 17.6 Å². The molecule has 0 saturated heterocycles. The van der Waals surface area contributed by atoms with Gasteiger partial charge in [0.1, 0.15) is 12.3 Å². The number of ether oxygens (including phenoxy) is 4. The molecular weight excluding hydrogens is 1350 g/mol. The van der Waals surface area contributed by atoms with Gasteiger partial charge in [0.05, 0.1) is 30.2 Å². The van der Waals surface area contributed by atoms with Gasteiger partial charge < -0.3 is 33.7 Å². The molecule has 2 aromatic carbocycles. The maximum Gasteiger partial charge on any atom is 0.536 e. The van der Waals surface area contributed by atoms with Crippen molar-refractivity contribution in [2.24, 2.45) is 57.2 Å². The number of hydrogen-bond donors (Lipinski definition) is 3. The molecule has 94 heavy (non-hydrogen) atoms.